The Labute approximate surface area is 179 Å². The quantitative estimate of drug-likeness (QED) is 0.384. The highest BCUT2D eigenvalue weighted by molar-refractivity contribution is 5.93. The Balaban J connectivity index is 2.16. The second-order valence-electron chi connectivity index (χ2n) is 9.67. The molecule has 3 nitrogen and oxygen atoms in total. The molecule has 0 aromatic heterocycles. The minimum absolute atomic E-state index is 0.000131. The van der Waals surface area contributed by atoms with Gasteiger partial charge in [0, 0.05) is 0 Å². The summed E-state index contributed by atoms with van der Waals surface area (Å²) in [4.78, 5) is 12.7. The van der Waals surface area contributed by atoms with E-state index in [2.05, 4.69) is 53.7 Å². The maximum atomic E-state index is 12.7. The molecule has 0 amide bonds. The lowest BCUT2D eigenvalue weighted by Gasteiger charge is -2.28. The average molecular weight is 403 g/mol. The highest BCUT2D eigenvalue weighted by Gasteiger charge is 2.26. The Morgan fingerprint density at radius 1 is 0.800 bits per heavy atom. The fraction of sp³-hybridized carbons (Fsp3) is 0.296. The molecule has 3 heteroatoms. The van der Waals surface area contributed by atoms with E-state index in [1.807, 2.05) is 12.1 Å². The van der Waals surface area contributed by atoms with Crippen LogP contribution in [0.5, 0.6) is 11.5 Å². The van der Waals surface area contributed by atoms with Crippen molar-refractivity contribution in [2.45, 2.75) is 52.4 Å². The van der Waals surface area contributed by atoms with Crippen LogP contribution in [0.4, 0.5) is 0 Å². The minimum atomic E-state index is -0.453. The van der Waals surface area contributed by atoms with E-state index in [1.165, 1.54) is 5.56 Å². The van der Waals surface area contributed by atoms with Gasteiger partial charge in [0.2, 0.25) is 0 Å². The number of ether oxygens (including phenoxy) is 1. The van der Waals surface area contributed by atoms with E-state index < -0.39 is 5.97 Å². The largest absolute Gasteiger partial charge is 0.507 e. The zero-order chi connectivity index (χ0) is 22.1. The molecule has 0 bridgehead atoms. The van der Waals surface area contributed by atoms with Crippen LogP contribution < -0.4 is 4.74 Å². The van der Waals surface area contributed by atoms with Crippen LogP contribution in [-0.2, 0) is 10.8 Å². The van der Waals surface area contributed by atoms with Gasteiger partial charge in [-0.25, -0.2) is 4.79 Å². The summed E-state index contributed by atoms with van der Waals surface area (Å²) in [5, 5.41) is 10.8. The van der Waals surface area contributed by atoms with Crippen molar-refractivity contribution >= 4 is 5.97 Å². The summed E-state index contributed by atoms with van der Waals surface area (Å²) in [6, 6.07) is 20.2. The molecular formula is C27H30O3. The highest BCUT2D eigenvalue weighted by atomic mass is 16.5. The van der Waals surface area contributed by atoms with Gasteiger partial charge >= 0.3 is 5.97 Å². The number of rotatable bonds is 3. The van der Waals surface area contributed by atoms with Gasteiger partial charge in [-0.15, -0.1) is 0 Å². The van der Waals surface area contributed by atoms with Gasteiger partial charge in [-0.1, -0.05) is 84.0 Å². The third-order valence-electron chi connectivity index (χ3n) is 5.18. The molecular weight excluding hydrogens is 372 g/mol. The number of phenolic OH excluding ortho intramolecular Hbond substituents is 1. The van der Waals surface area contributed by atoms with E-state index >= 15 is 0 Å². The minimum Gasteiger partial charge on any atom is -0.507 e. The standard InChI is InChI=1S/C27H30O3/c1-26(2,3)19-15-16-20(21(17-19)27(4,5)6)24-22(28)13-10-14-23(24)30-25(29)18-11-8-7-9-12-18/h7-17,28H,1-6H3. The highest BCUT2D eigenvalue weighted by Crippen LogP contribution is 2.44. The number of hydrogen-bond acceptors (Lipinski definition) is 3. The van der Waals surface area contributed by atoms with Gasteiger partial charge in [0.25, 0.3) is 0 Å². The number of aromatic hydroxyl groups is 1. The van der Waals surface area contributed by atoms with Gasteiger partial charge in [-0.05, 0) is 51.8 Å². The fourth-order valence-corrected chi connectivity index (χ4v) is 3.46. The SMILES string of the molecule is CC(C)(C)c1ccc(-c2c(O)cccc2OC(=O)c2ccccc2)c(C(C)(C)C)c1. The molecule has 0 aliphatic carbocycles. The van der Waals surface area contributed by atoms with E-state index in [0.717, 1.165) is 11.1 Å². The van der Waals surface area contributed by atoms with Crippen LogP contribution in [-0.4, -0.2) is 11.1 Å². The van der Waals surface area contributed by atoms with Crippen molar-refractivity contribution in [2.24, 2.45) is 0 Å². The zero-order valence-corrected chi connectivity index (χ0v) is 18.6. The van der Waals surface area contributed by atoms with Crippen molar-refractivity contribution in [3.05, 3.63) is 83.4 Å². The van der Waals surface area contributed by atoms with Gasteiger partial charge in [0.1, 0.15) is 11.5 Å². The molecule has 30 heavy (non-hydrogen) atoms. The van der Waals surface area contributed by atoms with Crippen LogP contribution in [0.1, 0.15) is 63.0 Å². The molecule has 1 N–H and O–H groups in total. The first-order chi connectivity index (χ1) is 14.0. The molecule has 0 aliphatic heterocycles. The van der Waals surface area contributed by atoms with Crippen LogP contribution in [0.25, 0.3) is 11.1 Å². The number of phenols is 1. The monoisotopic (exact) mass is 402 g/mol. The third kappa shape index (κ3) is 4.56. The van der Waals surface area contributed by atoms with E-state index in [4.69, 9.17) is 4.74 Å². The first kappa shape index (κ1) is 21.6. The van der Waals surface area contributed by atoms with Gasteiger partial charge in [-0.3, -0.25) is 0 Å². The van der Waals surface area contributed by atoms with Gasteiger partial charge < -0.3 is 9.84 Å². The summed E-state index contributed by atoms with van der Waals surface area (Å²) in [7, 11) is 0. The van der Waals surface area contributed by atoms with Crippen molar-refractivity contribution in [3.63, 3.8) is 0 Å². The van der Waals surface area contributed by atoms with Gasteiger partial charge in [0.15, 0.2) is 0 Å². The molecule has 0 saturated heterocycles. The maximum absolute atomic E-state index is 12.7. The second-order valence-corrected chi connectivity index (χ2v) is 9.67. The third-order valence-corrected chi connectivity index (χ3v) is 5.18. The van der Waals surface area contributed by atoms with Gasteiger partial charge in [-0.2, -0.15) is 0 Å². The van der Waals surface area contributed by atoms with Crippen LogP contribution in [0, 0.1) is 0 Å². The van der Waals surface area contributed by atoms with E-state index in [9.17, 15) is 9.90 Å². The topological polar surface area (TPSA) is 46.5 Å². The molecule has 156 valence electrons. The lowest BCUT2D eigenvalue weighted by atomic mass is 9.77. The number of carbonyl (C=O) groups is 1. The predicted octanol–water partition coefficient (Wildman–Crippen LogP) is 6.87. The van der Waals surface area contributed by atoms with Crippen molar-refractivity contribution in [2.75, 3.05) is 0 Å². The molecule has 3 aromatic carbocycles. The van der Waals surface area contributed by atoms with Crippen LogP contribution in [0.2, 0.25) is 0 Å². The zero-order valence-electron chi connectivity index (χ0n) is 18.6. The summed E-state index contributed by atoms with van der Waals surface area (Å²) >= 11 is 0. The van der Waals surface area contributed by atoms with Crippen molar-refractivity contribution in [1.82, 2.24) is 0 Å². The summed E-state index contributed by atoms with van der Waals surface area (Å²) < 4.78 is 5.73. The molecule has 0 unspecified atom stereocenters. The molecule has 0 aliphatic rings. The maximum Gasteiger partial charge on any atom is 0.343 e. The number of carbonyl (C=O) groups excluding carboxylic acids is 1. The van der Waals surface area contributed by atoms with Crippen molar-refractivity contribution in [1.29, 1.82) is 0 Å². The van der Waals surface area contributed by atoms with Crippen LogP contribution in [0.15, 0.2) is 66.7 Å². The summed E-state index contributed by atoms with van der Waals surface area (Å²) in [5.74, 6) is -0.0219. The number of benzene rings is 3. The Bertz CT molecular complexity index is 1050. The first-order valence-electron chi connectivity index (χ1n) is 10.2. The Kier molecular flexibility index (Phi) is 5.76. The predicted molar refractivity (Wildman–Crippen MR) is 122 cm³/mol. The summed E-state index contributed by atoms with van der Waals surface area (Å²) in [6.07, 6.45) is 0. The Morgan fingerprint density at radius 2 is 1.47 bits per heavy atom. The fourth-order valence-electron chi connectivity index (χ4n) is 3.46. The lowest BCUT2D eigenvalue weighted by molar-refractivity contribution is 0.0735. The number of esters is 1. The smallest absolute Gasteiger partial charge is 0.343 e. The molecule has 0 spiro atoms. The molecule has 0 heterocycles. The second kappa shape index (κ2) is 7.98. The molecule has 0 fully saturated rings. The summed E-state index contributed by atoms with van der Waals surface area (Å²) in [5.41, 5.74) is 4.00. The summed E-state index contributed by atoms with van der Waals surface area (Å²) in [6.45, 7) is 13.0. The normalized spacial score (nSPS) is 11.9. The Morgan fingerprint density at radius 3 is 2.07 bits per heavy atom. The van der Waals surface area contributed by atoms with E-state index in [0.29, 0.717) is 16.9 Å². The van der Waals surface area contributed by atoms with Crippen molar-refractivity contribution < 1.29 is 14.6 Å². The van der Waals surface area contributed by atoms with Crippen molar-refractivity contribution in [3.8, 4) is 22.6 Å². The van der Waals surface area contributed by atoms with Crippen LogP contribution in [0.3, 0.4) is 0 Å². The Hall–Kier alpha value is -3.07. The van der Waals surface area contributed by atoms with E-state index in [1.54, 1.807) is 42.5 Å². The molecule has 3 aromatic rings. The van der Waals surface area contributed by atoms with E-state index in [-0.39, 0.29) is 16.6 Å². The lowest BCUT2D eigenvalue weighted by Crippen LogP contribution is -2.17. The van der Waals surface area contributed by atoms with Crippen LogP contribution >= 0.6 is 0 Å². The van der Waals surface area contributed by atoms with Gasteiger partial charge in [0.05, 0.1) is 11.1 Å². The molecule has 3 rings (SSSR count). The first-order valence-corrected chi connectivity index (χ1v) is 10.2. The molecule has 0 atom stereocenters. The molecule has 0 radical (unpaired) electrons. The average Bonchev–Trinajstić information content (AvgIpc) is 2.67. The molecule has 0 saturated carbocycles. The number of hydrogen-bond donors (Lipinski definition) is 1.